The second-order valence-corrected chi connectivity index (χ2v) is 10.0. The van der Waals surface area contributed by atoms with E-state index >= 15 is 0 Å². The molecule has 0 saturated heterocycles. The molecule has 182 valence electrons. The summed E-state index contributed by atoms with van der Waals surface area (Å²) < 4.78 is 33.5. The Balaban J connectivity index is 1.86. The standard InChI is InChI=1S/C21H34NO9P/c1-17(23)22(26)13-8-14-32(27,30-15-28-20(24)18-9-4-2-5-10-18)31-16-29-21(25)19-11-6-3-7-12-19/h8,14,18-19,26H,2-7,9-13,15-16H2,1H3/b14-8+. The molecule has 1 amide bonds. The quantitative estimate of drug-likeness (QED) is 0.154. The molecular formula is C21H34NO9P. The van der Waals surface area contributed by atoms with Gasteiger partial charge in [0.15, 0.2) is 0 Å². The first-order valence-electron chi connectivity index (χ1n) is 11.2. The molecule has 2 fully saturated rings. The van der Waals surface area contributed by atoms with Gasteiger partial charge >= 0.3 is 19.5 Å². The average Bonchev–Trinajstić information content (AvgIpc) is 2.80. The lowest BCUT2D eigenvalue weighted by molar-refractivity contribution is -0.160. The summed E-state index contributed by atoms with van der Waals surface area (Å²) in [6, 6.07) is 0. The number of esters is 2. The Bertz CT molecular complexity index is 659. The zero-order valence-corrected chi connectivity index (χ0v) is 19.5. The number of hydrogen-bond donors (Lipinski definition) is 1. The Kier molecular flexibility index (Phi) is 11.4. The summed E-state index contributed by atoms with van der Waals surface area (Å²) in [5.74, 6) is -0.795. The maximum Gasteiger partial charge on any atom is 0.359 e. The molecule has 10 nitrogen and oxygen atoms in total. The highest BCUT2D eigenvalue weighted by atomic mass is 31.2. The summed E-state index contributed by atoms with van der Waals surface area (Å²) in [6.07, 6.45) is 10.3. The van der Waals surface area contributed by atoms with E-state index in [1.807, 2.05) is 0 Å². The molecule has 32 heavy (non-hydrogen) atoms. The maximum absolute atomic E-state index is 13.0. The van der Waals surface area contributed by atoms with E-state index in [1.54, 1.807) is 0 Å². The number of hydroxylamine groups is 2. The van der Waals surface area contributed by atoms with Crippen molar-refractivity contribution in [3.8, 4) is 0 Å². The molecule has 0 aliphatic heterocycles. The summed E-state index contributed by atoms with van der Waals surface area (Å²) in [5, 5.41) is 9.84. The van der Waals surface area contributed by atoms with Crippen LogP contribution in [0.1, 0.15) is 71.1 Å². The van der Waals surface area contributed by atoms with E-state index < -0.39 is 39.0 Å². The van der Waals surface area contributed by atoms with Crippen LogP contribution in [0.5, 0.6) is 0 Å². The summed E-state index contributed by atoms with van der Waals surface area (Å²) in [4.78, 5) is 35.4. The first kappa shape index (κ1) is 26.5. The zero-order chi connectivity index (χ0) is 23.4. The van der Waals surface area contributed by atoms with Crippen molar-refractivity contribution >= 4 is 25.4 Å². The lowest BCUT2D eigenvalue weighted by Crippen LogP contribution is -2.24. The predicted molar refractivity (Wildman–Crippen MR) is 113 cm³/mol. The van der Waals surface area contributed by atoms with E-state index in [4.69, 9.17) is 18.5 Å². The smallest absolute Gasteiger partial charge is 0.359 e. The summed E-state index contributed by atoms with van der Waals surface area (Å²) in [6.45, 7) is -0.280. The fourth-order valence-electron chi connectivity index (χ4n) is 3.76. The Morgan fingerprint density at radius 3 is 1.72 bits per heavy atom. The minimum atomic E-state index is -3.98. The molecule has 0 bridgehead atoms. The lowest BCUT2D eigenvalue weighted by Gasteiger charge is -2.22. The highest BCUT2D eigenvalue weighted by Crippen LogP contribution is 2.50. The highest BCUT2D eigenvalue weighted by Gasteiger charge is 2.27. The van der Waals surface area contributed by atoms with Crippen molar-refractivity contribution in [1.29, 1.82) is 0 Å². The molecule has 0 spiro atoms. The number of hydrogen-bond acceptors (Lipinski definition) is 9. The van der Waals surface area contributed by atoms with Crippen LogP contribution >= 0.6 is 7.60 Å². The minimum absolute atomic E-state index is 0.196. The molecule has 0 radical (unpaired) electrons. The van der Waals surface area contributed by atoms with Crippen LogP contribution in [-0.2, 0) is 37.5 Å². The second kappa shape index (κ2) is 13.7. The number of ether oxygens (including phenoxy) is 2. The topological polar surface area (TPSA) is 129 Å². The normalized spacial score (nSPS) is 18.4. The Morgan fingerprint density at radius 2 is 1.31 bits per heavy atom. The van der Waals surface area contributed by atoms with Crippen molar-refractivity contribution in [3.63, 3.8) is 0 Å². The van der Waals surface area contributed by atoms with Crippen LogP contribution in [0.15, 0.2) is 11.9 Å². The monoisotopic (exact) mass is 475 g/mol. The van der Waals surface area contributed by atoms with Crippen molar-refractivity contribution in [3.05, 3.63) is 11.9 Å². The van der Waals surface area contributed by atoms with Crippen LogP contribution in [0.3, 0.4) is 0 Å². The molecule has 0 heterocycles. The molecule has 2 aliphatic rings. The molecular weight excluding hydrogens is 441 g/mol. The molecule has 1 N–H and O–H groups in total. The van der Waals surface area contributed by atoms with Crippen molar-refractivity contribution < 1.29 is 42.7 Å². The van der Waals surface area contributed by atoms with E-state index in [1.165, 1.54) is 6.08 Å². The van der Waals surface area contributed by atoms with Crippen molar-refractivity contribution in [2.24, 2.45) is 11.8 Å². The molecule has 0 atom stereocenters. The van der Waals surface area contributed by atoms with E-state index in [2.05, 4.69) is 0 Å². The number of nitrogens with zero attached hydrogens (tertiary/aromatic N) is 1. The molecule has 2 saturated carbocycles. The second-order valence-electron chi connectivity index (χ2n) is 8.12. The van der Waals surface area contributed by atoms with Gasteiger partial charge in [0.25, 0.3) is 0 Å². The molecule has 0 aromatic carbocycles. The minimum Gasteiger partial charge on any atom is -0.438 e. The van der Waals surface area contributed by atoms with Gasteiger partial charge in [0.1, 0.15) is 0 Å². The lowest BCUT2D eigenvalue weighted by atomic mass is 9.89. The first-order chi connectivity index (χ1) is 15.3. The third kappa shape index (κ3) is 9.40. The predicted octanol–water partition coefficient (Wildman–Crippen LogP) is 4.13. The largest absolute Gasteiger partial charge is 0.438 e. The molecule has 0 unspecified atom stereocenters. The fraction of sp³-hybridized carbons (Fsp3) is 0.762. The number of rotatable bonds is 11. The third-order valence-electron chi connectivity index (χ3n) is 5.67. The van der Waals surface area contributed by atoms with Crippen LogP contribution in [0.2, 0.25) is 0 Å². The van der Waals surface area contributed by atoms with Crippen LogP contribution in [0.25, 0.3) is 0 Å². The van der Waals surface area contributed by atoms with Gasteiger partial charge in [0, 0.05) is 12.7 Å². The van der Waals surface area contributed by atoms with Crippen LogP contribution in [-0.4, -0.2) is 48.2 Å². The number of carbonyl (C=O) groups excluding carboxylic acids is 3. The van der Waals surface area contributed by atoms with Crippen LogP contribution in [0.4, 0.5) is 0 Å². The SMILES string of the molecule is CC(=O)N(O)C/C=C/P(=O)(OCOC(=O)C1CCCCC1)OCOC(=O)C1CCCCC1. The van der Waals surface area contributed by atoms with Crippen LogP contribution in [0, 0.1) is 11.8 Å². The van der Waals surface area contributed by atoms with Crippen molar-refractivity contribution in [2.75, 3.05) is 20.1 Å². The van der Waals surface area contributed by atoms with Crippen LogP contribution < -0.4 is 0 Å². The van der Waals surface area contributed by atoms with Crippen molar-refractivity contribution in [1.82, 2.24) is 5.06 Å². The average molecular weight is 475 g/mol. The van der Waals surface area contributed by atoms with E-state index in [-0.39, 0.29) is 18.4 Å². The van der Waals surface area contributed by atoms with Gasteiger partial charge in [-0.2, -0.15) is 0 Å². The number of carbonyl (C=O) groups is 3. The summed E-state index contributed by atoms with van der Waals surface area (Å²) in [7, 11) is -3.98. The summed E-state index contributed by atoms with van der Waals surface area (Å²) in [5.41, 5.74) is 0. The van der Waals surface area contributed by atoms with Gasteiger partial charge in [-0.15, -0.1) is 0 Å². The molecule has 2 aliphatic carbocycles. The van der Waals surface area contributed by atoms with Gasteiger partial charge in [-0.25, -0.2) is 5.06 Å². The maximum atomic E-state index is 13.0. The molecule has 0 aromatic heterocycles. The van der Waals surface area contributed by atoms with E-state index in [9.17, 15) is 24.2 Å². The molecule has 2 rings (SSSR count). The number of amides is 1. The fourth-order valence-corrected chi connectivity index (χ4v) is 4.75. The Morgan fingerprint density at radius 1 is 0.875 bits per heavy atom. The van der Waals surface area contributed by atoms with Gasteiger partial charge in [-0.3, -0.25) is 33.2 Å². The van der Waals surface area contributed by atoms with Gasteiger partial charge in [0.2, 0.25) is 19.5 Å². The van der Waals surface area contributed by atoms with Gasteiger partial charge in [0.05, 0.1) is 18.4 Å². The molecule has 0 aromatic rings. The van der Waals surface area contributed by atoms with Gasteiger partial charge in [-0.1, -0.05) is 44.6 Å². The van der Waals surface area contributed by atoms with Crippen molar-refractivity contribution in [2.45, 2.75) is 71.1 Å². The molecule has 11 heteroatoms. The van der Waals surface area contributed by atoms with E-state index in [0.717, 1.165) is 76.9 Å². The van der Waals surface area contributed by atoms with Gasteiger partial charge < -0.3 is 9.47 Å². The third-order valence-corrected chi connectivity index (χ3v) is 7.18. The zero-order valence-electron chi connectivity index (χ0n) is 18.6. The summed E-state index contributed by atoms with van der Waals surface area (Å²) >= 11 is 0. The Labute approximate surface area is 188 Å². The van der Waals surface area contributed by atoms with Gasteiger partial charge in [-0.05, 0) is 25.7 Å². The highest BCUT2D eigenvalue weighted by molar-refractivity contribution is 7.57. The van der Waals surface area contributed by atoms with E-state index in [0.29, 0.717) is 5.06 Å². The first-order valence-corrected chi connectivity index (χ1v) is 12.8. The Hall–Kier alpha value is -1.74.